The van der Waals surface area contributed by atoms with Crippen LogP contribution in [0.25, 0.3) is 0 Å². The van der Waals surface area contributed by atoms with E-state index >= 15 is 0 Å². The molecule has 6 unspecified atom stereocenters. The normalized spacial score (nSPS) is 29.8. The number of allylic oxidation sites excluding steroid dienone is 2. The van der Waals surface area contributed by atoms with Crippen LogP contribution in [0, 0.1) is 29.1 Å². The maximum Gasteiger partial charge on any atom is 0.303 e. The summed E-state index contributed by atoms with van der Waals surface area (Å²) in [5.74, 6) is -5.20. The third-order valence-corrected chi connectivity index (χ3v) is 10.3. The Labute approximate surface area is 254 Å². The van der Waals surface area contributed by atoms with Gasteiger partial charge in [-0.05, 0) is 68.4 Å². The van der Waals surface area contributed by atoms with E-state index in [1.54, 1.807) is 37.3 Å². The molecular weight excluding hydrogens is 572 g/mol. The maximum absolute atomic E-state index is 14.3. The Morgan fingerprint density at radius 3 is 2.42 bits per heavy atom. The number of phenolic OH excluding ortho intramolecular Hbond substituents is 1. The quantitative estimate of drug-likeness (QED) is 0.248. The van der Waals surface area contributed by atoms with Gasteiger partial charge in [0.2, 0.25) is 23.6 Å². The van der Waals surface area contributed by atoms with E-state index in [4.69, 9.17) is 16.7 Å². The molecule has 0 spiro atoms. The maximum atomic E-state index is 14.3. The molecule has 224 valence electrons. The molecule has 9 nitrogen and oxygen atoms in total. The number of carboxylic acid groups (broad SMARTS) is 1. The van der Waals surface area contributed by atoms with Gasteiger partial charge in [-0.2, -0.15) is 0 Å². The zero-order valence-corrected chi connectivity index (χ0v) is 24.5. The summed E-state index contributed by atoms with van der Waals surface area (Å²) in [6.45, 7) is 2.02. The average Bonchev–Trinajstić information content (AvgIpc) is 3.33. The van der Waals surface area contributed by atoms with Crippen molar-refractivity contribution in [1.82, 2.24) is 4.90 Å². The Kier molecular flexibility index (Phi) is 7.40. The topological polar surface area (TPSA) is 132 Å². The molecule has 6 atom stereocenters. The summed E-state index contributed by atoms with van der Waals surface area (Å²) in [6.07, 6.45) is 4.14. The number of halogens is 1. The average molecular weight is 605 g/mol. The number of aliphatic carboxylic acids is 1. The summed E-state index contributed by atoms with van der Waals surface area (Å²) in [6, 6.07) is 13.4. The highest BCUT2D eigenvalue weighted by atomic mass is 35.5. The third kappa shape index (κ3) is 4.56. The van der Waals surface area contributed by atoms with E-state index in [0.29, 0.717) is 36.9 Å². The Morgan fingerprint density at radius 1 is 0.977 bits per heavy atom. The van der Waals surface area contributed by atoms with Crippen molar-refractivity contribution in [2.45, 2.75) is 51.4 Å². The fourth-order valence-electron chi connectivity index (χ4n) is 7.94. The Hall–Kier alpha value is -3.98. The monoisotopic (exact) mass is 604 g/mol. The van der Waals surface area contributed by atoms with Gasteiger partial charge in [-0.3, -0.25) is 28.9 Å². The van der Waals surface area contributed by atoms with Crippen molar-refractivity contribution in [2.75, 3.05) is 11.4 Å². The highest BCUT2D eigenvalue weighted by Gasteiger charge is 2.67. The van der Waals surface area contributed by atoms with Crippen LogP contribution in [0.1, 0.15) is 56.9 Å². The SMILES string of the molecule is CC12C(=O)N(c3ccccc3)C(=O)C1CC1C(=CCC3C(=O)N(CCCCCC(=O)O)C(=O)C31)C2c1ccc(O)cc1Cl. The number of aromatic hydroxyl groups is 1. The third-order valence-electron chi connectivity index (χ3n) is 9.95. The first-order chi connectivity index (χ1) is 20.6. The second-order valence-electron chi connectivity index (χ2n) is 12.2. The van der Waals surface area contributed by atoms with Crippen LogP contribution < -0.4 is 4.90 Å². The number of nitrogens with zero attached hydrogens (tertiary/aromatic N) is 2. The predicted octanol–water partition coefficient (Wildman–Crippen LogP) is 4.92. The zero-order chi connectivity index (χ0) is 30.6. The number of anilines is 1. The molecule has 0 aromatic heterocycles. The number of para-hydroxylation sites is 1. The van der Waals surface area contributed by atoms with Crippen LogP contribution in [0.5, 0.6) is 5.75 Å². The van der Waals surface area contributed by atoms with Crippen LogP contribution in [0.4, 0.5) is 5.69 Å². The van der Waals surface area contributed by atoms with Gasteiger partial charge in [-0.25, -0.2) is 4.90 Å². The molecule has 2 N–H and O–H groups in total. The van der Waals surface area contributed by atoms with Gasteiger partial charge in [-0.15, -0.1) is 0 Å². The smallest absolute Gasteiger partial charge is 0.303 e. The molecule has 0 bridgehead atoms. The van der Waals surface area contributed by atoms with E-state index in [2.05, 4.69) is 0 Å². The molecule has 4 aliphatic rings. The van der Waals surface area contributed by atoms with E-state index in [1.807, 2.05) is 12.1 Å². The van der Waals surface area contributed by atoms with Gasteiger partial charge in [0.25, 0.3) is 0 Å². The van der Waals surface area contributed by atoms with E-state index < -0.39 is 41.0 Å². The van der Waals surface area contributed by atoms with Gasteiger partial charge in [-0.1, -0.05) is 53.9 Å². The number of carbonyl (C=O) groups is 5. The highest BCUT2D eigenvalue weighted by Crippen LogP contribution is 2.64. The van der Waals surface area contributed by atoms with Crippen LogP contribution in [-0.2, 0) is 24.0 Å². The molecule has 43 heavy (non-hydrogen) atoms. The summed E-state index contributed by atoms with van der Waals surface area (Å²) in [7, 11) is 0. The van der Waals surface area contributed by atoms with Crippen LogP contribution >= 0.6 is 11.6 Å². The predicted molar refractivity (Wildman–Crippen MR) is 157 cm³/mol. The molecule has 2 aromatic rings. The summed E-state index contributed by atoms with van der Waals surface area (Å²) in [5, 5.41) is 19.3. The molecular formula is C33H33ClN2O7. The lowest BCUT2D eigenvalue weighted by molar-refractivity contribution is -0.141. The van der Waals surface area contributed by atoms with Crippen molar-refractivity contribution < 1.29 is 34.2 Å². The first-order valence-corrected chi connectivity index (χ1v) is 15.1. The summed E-state index contributed by atoms with van der Waals surface area (Å²) in [4.78, 5) is 69.2. The molecule has 6 rings (SSSR count). The van der Waals surface area contributed by atoms with E-state index in [1.165, 1.54) is 21.9 Å². The minimum atomic E-state index is -1.21. The number of amides is 4. The van der Waals surface area contributed by atoms with Crippen LogP contribution in [0.3, 0.4) is 0 Å². The van der Waals surface area contributed by atoms with Crippen molar-refractivity contribution in [3.8, 4) is 5.75 Å². The lowest BCUT2D eigenvalue weighted by atomic mass is 9.51. The number of hydrogen-bond acceptors (Lipinski definition) is 6. The van der Waals surface area contributed by atoms with Crippen molar-refractivity contribution in [3.63, 3.8) is 0 Å². The number of imide groups is 2. The van der Waals surface area contributed by atoms with Gasteiger partial charge in [0.1, 0.15) is 5.75 Å². The second-order valence-corrected chi connectivity index (χ2v) is 12.6. The first kappa shape index (κ1) is 29.1. The molecule has 2 aliphatic heterocycles. The summed E-state index contributed by atoms with van der Waals surface area (Å²) < 4.78 is 0. The molecule has 2 saturated heterocycles. The van der Waals surface area contributed by atoms with Gasteiger partial charge < -0.3 is 10.2 Å². The van der Waals surface area contributed by atoms with E-state index in [9.17, 15) is 29.1 Å². The second kappa shape index (κ2) is 10.9. The van der Waals surface area contributed by atoms with Crippen LogP contribution in [0.15, 0.2) is 60.2 Å². The number of carbonyl (C=O) groups excluding carboxylic acids is 4. The number of unbranched alkanes of at least 4 members (excludes halogenated alkanes) is 2. The molecule has 3 fully saturated rings. The lowest BCUT2D eigenvalue weighted by Crippen LogP contribution is -2.49. The fourth-order valence-corrected chi connectivity index (χ4v) is 8.23. The molecule has 2 heterocycles. The largest absolute Gasteiger partial charge is 0.508 e. The van der Waals surface area contributed by atoms with Gasteiger partial charge in [0.15, 0.2) is 0 Å². The number of rotatable bonds is 8. The number of benzene rings is 2. The summed E-state index contributed by atoms with van der Waals surface area (Å²) >= 11 is 6.71. The van der Waals surface area contributed by atoms with Crippen LogP contribution in [-0.4, -0.2) is 51.3 Å². The molecule has 0 radical (unpaired) electrons. The first-order valence-electron chi connectivity index (χ1n) is 14.7. The number of carboxylic acids is 1. The lowest BCUT2D eigenvalue weighted by Gasteiger charge is -2.49. The number of likely N-dealkylation sites (tertiary alicyclic amines) is 1. The molecule has 2 aliphatic carbocycles. The molecule has 10 heteroatoms. The molecule has 2 aromatic carbocycles. The van der Waals surface area contributed by atoms with E-state index in [-0.39, 0.29) is 53.8 Å². The summed E-state index contributed by atoms with van der Waals surface area (Å²) in [5.41, 5.74) is 0.676. The molecule has 4 amide bonds. The number of fused-ring (bicyclic) bond motifs is 4. The minimum Gasteiger partial charge on any atom is -0.508 e. The Bertz CT molecular complexity index is 1560. The van der Waals surface area contributed by atoms with Crippen molar-refractivity contribution in [3.05, 3.63) is 70.8 Å². The Morgan fingerprint density at radius 2 is 1.72 bits per heavy atom. The Balaban J connectivity index is 1.39. The zero-order valence-electron chi connectivity index (χ0n) is 23.7. The van der Waals surface area contributed by atoms with Gasteiger partial charge in [0, 0.05) is 23.9 Å². The standard InChI is InChI=1S/C33H33ClN2O7/c1-33-24(30(41)36(32(33)43)18-8-4-2-5-9-18)17-23-20(28(33)21-12-11-19(37)16-25(21)34)13-14-22-27(23)31(42)35(29(22)40)15-7-3-6-10-26(38)39/h2,4-5,8-9,11-13,16,22-24,27-28,37H,3,6-7,10,14-15,17H2,1H3,(H,38,39). The molecule has 1 saturated carbocycles. The van der Waals surface area contributed by atoms with Gasteiger partial charge in [0.05, 0.1) is 28.9 Å². The van der Waals surface area contributed by atoms with Crippen molar-refractivity contribution >= 4 is 46.9 Å². The van der Waals surface area contributed by atoms with Crippen molar-refractivity contribution in [1.29, 1.82) is 0 Å². The fraction of sp³-hybridized carbons (Fsp3) is 0.424. The number of hydrogen-bond donors (Lipinski definition) is 2. The highest BCUT2D eigenvalue weighted by molar-refractivity contribution is 6.32. The van der Waals surface area contributed by atoms with E-state index in [0.717, 1.165) is 5.57 Å². The van der Waals surface area contributed by atoms with Gasteiger partial charge >= 0.3 is 5.97 Å². The van der Waals surface area contributed by atoms with Crippen LogP contribution in [0.2, 0.25) is 5.02 Å². The minimum absolute atomic E-state index is 0.0317. The number of phenols is 1. The van der Waals surface area contributed by atoms with Crippen molar-refractivity contribution in [2.24, 2.45) is 29.1 Å².